The maximum atomic E-state index is 12.0. The monoisotopic (exact) mass is 334 g/mol. The summed E-state index contributed by atoms with van der Waals surface area (Å²) in [4.78, 5) is 16.5. The number of thiazole rings is 1. The van der Waals surface area contributed by atoms with Gasteiger partial charge in [-0.15, -0.1) is 11.3 Å². The second kappa shape index (κ2) is 9.39. The SMILES string of the molecule is CCOCCO[C@@H](C)C(=O)NCc1nc(-c2ccccc2)cs1. The van der Waals surface area contributed by atoms with Gasteiger partial charge in [0.2, 0.25) is 5.91 Å². The molecule has 124 valence electrons. The zero-order chi connectivity index (χ0) is 16.5. The first-order valence-corrected chi connectivity index (χ1v) is 8.55. The summed E-state index contributed by atoms with van der Waals surface area (Å²) in [5.74, 6) is -0.141. The minimum absolute atomic E-state index is 0.141. The average molecular weight is 334 g/mol. The van der Waals surface area contributed by atoms with Crippen molar-refractivity contribution in [3.8, 4) is 11.3 Å². The summed E-state index contributed by atoms with van der Waals surface area (Å²) in [6, 6.07) is 9.98. The van der Waals surface area contributed by atoms with Gasteiger partial charge < -0.3 is 14.8 Å². The number of hydrogen-bond donors (Lipinski definition) is 1. The number of nitrogens with zero attached hydrogens (tertiary/aromatic N) is 1. The standard InChI is InChI=1S/C17H22N2O3S/c1-3-21-9-10-22-13(2)17(20)18-11-16-19-15(12-23-16)14-7-5-4-6-8-14/h4-8,12-13H,3,9-11H2,1-2H3,(H,18,20)/t13-/m0/s1. The van der Waals surface area contributed by atoms with Crippen LogP contribution in [0.3, 0.4) is 0 Å². The molecule has 2 rings (SSSR count). The highest BCUT2D eigenvalue weighted by Crippen LogP contribution is 2.21. The van der Waals surface area contributed by atoms with E-state index in [1.165, 1.54) is 11.3 Å². The molecule has 0 bridgehead atoms. The minimum atomic E-state index is -0.496. The Morgan fingerprint density at radius 2 is 2.09 bits per heavy atom. The van der Waals surface area contributed by atoms with Crippen LogP contribution >= 0.6 is 11.3 Å². The first kappa shape index (κ1) is 17.6. The van der Waals surface area contributed by atoms with E-state index >= 15 is 0 Å². The van der Waals surface area contributed by atoms with Crippen molar-refractivity contribution in [2.45, 2.75) is 26.5 Å². The highest BCUT2D eigenvalue weighted by Gasteiger charge is 2.13. The van der Waals surface area contributed by atoms with Crippen molar-refractivity contribution in [2.24, 2.45) is 0 Å². The van der Waals surface area contributed by atoms with E-state index in [4.69, 9.17) is 9.47 Å². The Morgan fingerprint density at radius 1 is 1.30 bits per heavy atom. The quantitative estimate of drug-likeness (QED) is 0.716. The highest BCUT2D eigenvalue weighted by molar-refractivity contribution is 7.09. The number of hydrogen-bond acceptors (Lipinski definition) is 5. The van der Waals surface area contributed by atoms with Crippen molar-refractivity contribution in [1.29, 1.82) is 0 Å². The minimum Gasteiger partial charge on any atom is -0.379 e. The van der Waals surface area contributed by atoms with Gasteiger partial charge in [-0.25, -0.2) is 4.98 Å². The van der Waals surface area contributed by atoms with Gasteiger partial charge in [-0.3, -0.25) is 4.79 Å². The lowest BCUT2D eigenvalue weighted by Crippen LogP contribution is -2.34. The number of carbonyl (C=O) groups excluding carboxylic acids is 1. The van der Waals surface area contributed by atoms with E-state index < -0.39 is 6.10 Å². The predicted octanol–water partition coefficient (Wildman–Crippen LogP) is 2.87. The van der Waals surface area contributed by atoms with Crippen LogP contribution in [0.1, 0.15) is 18.9 Å². The number of carbonyl (C=O) groups is 1. The lowest BCUT2D eigenvalue weighted by Gasteiger charge is -2.12. The number of benzene rings is 1. The second-order valence-corrected chi connectivity index (χ2v) is 5.86. The molecule has 0 aliphatic carbocycles. The molecule has 0 aliphatic rings. The van der Waals surface area contributed by atoms with Gasteiger partial charge in [0, 0.05) is 17.6 Å². The Hall–Kier alpha value is -1.76. The third-order valence-corrected chi connectivity index (χ3v) is 4.05. The molecule has 1 heterocycles. The van der Waals surface area contributed by atoms with Crippen molar-refractivity contribution < 1.29 is 14.3 Å². The molecule has 0 aliphatic heterocycles. The normalized spacial score (nSPS) is 12.1. The zero-order valence-corrected chi connectivity index (χ0v) is 14.3. The van der Waals surface area contributed by atoms with E-state index in [1.54, 1.807) is 6.92 Å². The van der Waals surface area contributed by atoms with Crippen LogP contribution in [0.25, 0.3) is 11.3 Å². The molecule has 1 aromatic carbocycles. The number of aromatic nitrogens is 1. The molecule has 0 saturated carbocycles. The van der Waals surface area contributed by atoms with Crippen LogP contribution in [0, 0.1) is 0 Å². The maximum absolute atomic E-state index is 12.0. The van der Waals surface area contributed by atoms with Gasteiger partial charge in [0.15, 0.2) is 0 Å². The van der Waals surface area contributed by atoms with Gasteiger partial charge in [-0.05, 0) is 13.8 Å². The van der Waals surface area contributed by atoms with Gasteiger partial charge in [-0.1, -0.05) is 30.3 Å². The van der Waals surface area contributed by atoms with Crippen LogP contribution in [-0.4, -0.2) is 36.8 Å². The predicted molar refractivity (Wildman–Crippen MR) is 91.3 cm³/mol. The molecular formula is C17H22N2O3S. The van der Waals surface area contributed by atoms with Crippen LogP contribution in [0.15, 0.2) is 35.7 Å². The maximum Gasteiger partial charge on any atom is 0.249 e. The van der Waals surface area contributed by atoms with Crippen molar-refractivity contribution in [3.05, 3.63) is 40.7 Å². The Bertz CT molecular complexity index is 601. The number of amides is 1. The lowest BCUT2D eigenvalue weighted by atomic mass is 10.2. The summed E-state index contributed by atoms with van der Waals surface area (Å²) in [6.45, 7) is 5.64. The largest absolute Gasteiger partial charge is 0.379 e. The summed E-state index contributed by atoms with van der Waals surface area (Å²) >= 11 is 1.54. The fourth-order valence-electron chi connectivity index (χ4n) is 1.94. The fraction of sp³-hybridized carbons (Fsp3) is 0.412. The third-order valence-electron chi connectivity index (χ3n) is 3.20. The van der Waals surface area contributed by atoms with E-state index in [9.17, 15) is 4.79 Å². The molecule has 0 fully saturated rings. The van der Waals surface area contributed by atoms with E-state index in [0.717, 1.165) is 16.3 Å². The first-order valence-electron chi connectivity index (χ1n) is 7.67. The van der Waals surface area contributed by atoms with Gasteiger partial charge in [0.25, 0.3) is 0 Å². The van der Waals surface area contributed by atoms with Crippen LogP contribution in [-0.2, 0) is 20.8 Å². The molecule has 1 N–H and O–H groups in total. The fourth-order valence-corrected chi connectivity index (χ4v) is 2.69. The van der Waals surface area contributed by atoms with E-state index in [2.05, 4.69) is 10.3 Å². The molecule has 1 atom stereocenters. The van der Waals surface area contributed by atoms with Gasteiger partial charge in [0.1, 0.15) is 11.1 Å². The van der Waals surface area contributed by atoms with Gasteiger partial charge in [0.05, 0.1) is 25.5 Å². The average Bonchev–Trinajstić information content (AvgIpc) is 3.06. The van der Waals surface area contributed by atoms with E-state index in [1.807, 2.05) is 42.6 Å². The second-order valence-electron chi connectivity index (χ2n) is 4.92. The summed E-state index contributed by atoms with van der Waals surface area (Å²) in [6.07, 6.45) is -0.496. The van der Waals surface area contributed by atoms with Crippen molar-refractivity contribution in [3.63, 3.8) is 0 Å². The zero-order valence-electron chi connectivity index (χ0n) is 13.5. The molecular weight excluding hydrogens is 312 g/mol. The molecule has 0 radical (unpaired) electrons. The van der Waals surface area contributed by atoms with E-state index in [0.29, 0.717) is 26.4 Å². The molecule has 2 aromatic rings. The molecule has 0 spiro atoms. The van der Waals surface area contributed by atoms with Crippen LogP contribution < -0.4 is 5.32 Å². The Labute approximate surface area is 140 Å². The van der Waals surface area contributed by atoms with Gasteiger partial charge >= 0.3 is 0 Å². The Morgan fingerprint density at radius 3 is 2.83 bits per heavy atom. The summed E-state index contributed by atoms with van der Waals surface area (Å²) in [5, 5.41) is 5.72. The lowest BCUT2D eigenvalue weighted by molar-refractivity contribution is -0.132. The topological polar surface area (TPSA) is 60.5 Å². The third kappa shape index (κ3) is 5.74. The number of nitrogens with one attached hydrogen (secondary N) is 1. The molecule has 6 heteroatoms. The Balaban J connectivity index is 1.77. The Kier molecular flexibility index (Phi) is 7.19. The molecule has 23 heavy (non-hydrogen) atoms. The molecule has 0 unspecified atom stereocenters. The first-order chi connectivity index (χ1) is 11.2. The number of ether oxygens (including phenoxy) is 2. The van der Waals surface area contributed by atoms with Crippen molar-refractivity contribution >= 4 is 17.2 Å². The molecule has 5 nitrogen and oxygen atoms in total. The summed E-state index contributed by atoms with van der Waals surface area (Å²) in [7, 11) is 0. The van der Waals surface area contributed by atoms with Crippen LogP contribution in [0.2, 0.25) is 0 Å². The highest BCUT2D eigenvalue weighted by atomic mass is 32.1. The van der Waals surface area contributed by atoms with Crippen molar-refractivity contribution in [2.75, 3.05) is 19.8 Å². The van der Waals surface area contributed by atoms with Gasteiger partial charge in [-0.2, -0.15) is 0 Å². The summed E-state index contributed by atoms with van der Waals surface area (Å²) in [5.41, 5.74) is 2.01. The molecule has 0 saturated heterocycles. The smallest absolute Gasteiger partial charge is 0.249 e. The van der Waals surface area contributed by atoms with E-state index in [-0.39, 0.29) is 5.91 Å². The van der Waals surface area contributed by atoms with Crippen molar-refractivity contribution in [1.82, 2.24) is 10.3 Å². The number of rotatable bonds is 9. The van der Waals surface area contributed by atoms with Crippen LogP contribution in [0.4, 0.5) is 0 Å². The summed E-state index contributed by atoms with van der Waals surface area (Å²) < 4.78 is 10.6. The molecule has 1 amide bonds. The van der Waals surface area contributed by atoms with Crippen LogP contribution in [0.5, 0.6) is 0 Å². The molecule has 1 aromatic heterocycles.